The fourth-order valence-corrected chi connectivity index (χ4v) is 4.65. The fourth-order valence-electron chi connectivity index (χ4n) is 3.46. The van der Waals surface area contributed by atoms with Crippen molar-refractivity contribution in [3.05, 3.63) is 83.4 Å². The van der Waals surface area contributed by atoms with Gasteiger partial charge in [0.1, 0.15) is 5.75 Å². The molecule has 0 aromatic heterocycles. The quantitative estimate of drug-likeness (QED) is 0.528. The highest BCUT2D eigenvalue weighted by molar-refractivity contribution is 7.92. The highest BCUT2D eigenvalue weighted by Crippen LogP contribution is 2.26. The number of amides is 1. The average molecular weight is 453 g/mol. The van der Waals surface area contributed by atoms with Gasteiger partial charge in [0.05, 0.1) is 17.7 Å². The Bertz CT molecular complexity index is 1170. The number of hydrogen-bond acceptors (Lipinski definition) is 4. The van der Waals surface area contributed by atoms with Gasteiger partial charge >= 0.3 is 0 Å². The molecule has 1 amide bonds. The van der Waals surface area contributed by atoms with Crippen LogP contribution in [-0.2, 0) is 22.9 Å². The molecule has 1 N–H and O–H groups in total. The molecule has 32 heavy (non-hydrogen) atoms. The number of benzene rings is 3. The largest absolute Gasteiger partial charge is 0.497 e. The summed E-state index contributed by atoms with van der Waals surface area (Å²) in [4.78, 5) is 13.0. The van der Waals surface area contributed by atoms with E-state index in [1.807, 2.05) is 18.2 Å². The number of para-hydroxylation sites is 1. The van der Waals surface area contributed by atoms with Crippen molar-refractivity contribution in [1.82, 2.24) is 0 Å². The lowest BCUT2D eigenvalue weighted by Crippen LogP contribution is -2.26. The topological polar surface area (TPSA) is 75.7 Å². The predicted octanol–water partition coefficient (Wildman–Crippen LogP) is 4.90. The van der Waals surface area contributed by atoms with Gasteiger partial charge in [0, 0.05) is 18.3 Å². The lowest BCUT2D eigenvalue weighted by Gasteiger charge is -2.20. The van der Waals surface area contributed by atoms with Crippen LogP contribution in [0.4, 0.5) is 11.4 Å². The minimum atomic E-state index is -3.74. The van der Waals surface area contributed by atoms with E-state index in [-0.39, 0.29) is 10.8 Å². The Balaban J connectivity index is 1.80. The molecule has 0 aliphatic carbocycles. The molecule has 0 aliphatic rings. The Morgan fingerprint density at radius 1 is 0.906 bits per heavy atom. The first-order valence-electron chi connectivity index (χ1n) is 10.5. The van der Waals surface area contributed by atoms with Gasteiger partial charge in [-0.05, 0) is 72.5 Å². The van der Waals surface area contributed by atoms with Crippen molar-refractivity contribution in [2.45, 2.75) is 31.6 Å². The standard InChI is InChI=1S/C25H28N2O4S/c1-5-18-8-7-9-19(6-2)24(18)26-25(28)20-10-12-21(13-11-20)27(3)32(29,30)23-16-14-22(31-4)15-17-23/h7-17H,5-6H2,1-4H3,(H,26,28). The number of nitrogens with one attached hydrogen (secondary N) is 1. The van der Waals surface area contributed by atoms with Crippen LogP contribution in [0.2, 0.25) is 0 Å². The van der Waals surface area contributed by atoms with Gasteiger partial charge < -0.3 is 10.1 Å². The maximum absolute atomic E-state index is 12.9. The van der Waals surface area contributed by atoms with Crippen LogP contribution in [0, 0.1) is 0 Å². The van der Waals surface area contributed by atoms with E-state index in [0.717, 1.165) is 29.7 Å². The van der Waals surface area contributed by atoms with E-state index >= 15 is 0 Å². The molecule has 168 valence electrons. The minimum Gasteiger partial charge on any atom is -0.497 e. The Labute approximate surface area is 189 Å². The molecule has 0 atom stereocenters. The van der Waals surface area contributed by atoms with Crippen LogP contribution in [0.15, 0.2) is 71.6 Å². The van der Waals surface area contributed by atoms with Crippen molar-refractivity contribution in [3.8, 4) is 5.75 Å². The molecule has 3 rings (SSSR count). The molecular weight excluding hydrogens is 424 g/mol. The zero-order valence-corrected chi connectivity index (χ0v) is 19.6. The number of carbonyl (C=O) groups excluding carboxylic acids is 1. The first-order valence-corrected chi connectivity index (χ1v) is 11.9. The van der Waals surface area contributed by atoms with E-state index in [1.54, 1.807) is 36.4 Å². The lowest BCUT2D eigenvalue weighted by atomic mass is 10.0. The maximum Gasteiger partial charge on any atom is 0.264 e. The molecule has 3 aromatic rings. The molecule has 0 fully saturated rings. The normalized spacial score (nSPS) is 11.1. The van der Waals surface area contributed by atoms with E-state index in [1.165, 1.54) is 30.6 Å². The smallest absolute Gasteiger partial charge is 0.264 e. The third-order valence-corrected chi connectivity index (χ3v) is 7.25. The van der Waals surface area contributed by atoms with E-state index in [2.05, 4.69) is 19.2 Å². The second kappa shape index (κ2) is 9.87. The van der Waals surface area contributed by atoms with Gasteiger partial charge in [0.25, 0.3) is 15.9 Å². The third kappa shape index (κ3) is 4.78. The van der Waals surface area contributed by atoms with Gasteiger partial charge in [-0.2, -0.15) is 0 Å². The van der Waals surface area contributed by atoms with Crippen molar-refractivity contribution in [2.24, 2.45) is 0 Å². The molecule has 0 aliphatic heterocycles. The number of ether oxygens (including phenoxy) is 1. The van der Waals surface area contributed by atoms with Gasteiger partial charge in [-0.3, -0.25) is 9.10 Å². The van der Waals surface area contributed by atoms with Crippen LogP contribution in [0.5, 0.6) is 5.75 Å². The summed E-state index contributed by atoms with van der Waals surface area (Å²) in [6, 6.07) is 18.8. The predicted molar refractivity (Wildman–Crippen MR) is 128 cm³/mol. The summed E-state index contributed by atoms with van der Waals surface area (Å²) in [5.74, 6) is 0.352. The Hall–Kier alpha value is -3.32. The number of nitrogens with zero attached hydrogens (tertiary/aromatic N) is 1. The summed E-state index contributed by atoms with van der Waals surface area (Å²) in [7, 11) is -0.729. The SMILES string of the molecule is CCc1cccc(CC)c1NC(=O)c1ccc(N(C)S(=O)(=O)c2ccc(OC)cc2)cc1. The molecule has 7 heteroatoms. The van der Waals surface area contributed by atoms with Gasteiger partial charge in [-0.15, -0.1) is 0 Å². The van der Waals surface area contributed by atoms with Crippen molar-refractivity contribution in [1.29, 1.82) is 0 Å². The molecule has 3 aromatic carbocycles. The van der Waals surface area contributed by atoms with E-state index in [0.29, 0.717) is 17.0 Å². The van der Waals surface area contributed by atoms with Crippen LogP contribution in [0.3, 0.4) is 0 Å². The van der Waals surface area contributed by atoms with Crippen molar-refractivity contribution >= 4 is 27.3 Å². The number of anilines is 2. The zero-order valence-electron chi connectivity index (χ0n) is 18.8. The summed E-state index contributed by atoms with van der Waals surface area (Å²) >= 11 is 0. The van der Waals surface area contributed by atoms with E-state index < -0.39 is 10.0 Å². The van der Waals surface area contributed by atoms with Crippen molar-refractivity contribution in [2.75, 3.05) is 23.8 Å². The first-order chi connectivity index (χ1) is 15.3. The van der Waals surface area contributed by atoms with Crippen LogP contribution < -0.4 is 14.4 Å². The molecular formula is C25H28N2O4S. The monoisotopic (exact) mass is 452 g/mol. The highest BCUT2D eigenvalue weighted by atomic mass is 32.2. The summed E-state index contributed by atoms with van der Waals surface area (Å²) in [5.41, 5.74) is 3.93. The molecule has 0 saturated carbocycles. The summed E-state index contributed by atoms with van der Waals surface area (Å²) in [6.45, 7) is 4.11. The zero-order chi connectivity index (χ0) is 23.3. The molecule has 0 heterocycles. The molecule has 0 radical (unpaired) electrons. The fraction of sp³-hybridized carbons (Fsp3) is 0.240. The van der Waals surface area contributed by atoms with Gasteiger partial charge in [-0.1, -0.05) is 32.0 Å². The molecule has 0 spiro atoms. The van der Waals surface area contributed by atoms with E-state index in [4.69, 9.17) is 4.74 Å². The van der Waals surface area contributed by atoms with Gasteiger partial charge in [-0.25, -0.2) is 8.42 Å². The number of aryl methyl sites for hydroxylation is 2. The van der Waals surface area contributed by atoms with Gasteiger partial charge in [0.2, 0.25) is 0 Å². The Kier molecular flexibility index (Phi) is 7.20. The average Bonchev–Trinajstić information content (AvgIpc) is 2.83. The molecule has 6 nitrogen and oxygen atoms in total. The molecule has 0 unspecified atom stereocenters. The summed E-state index contributed by atoms with van der Waals surface area (Å²) < 4.78 is 32.2. The Morgan fingerprint density at radius 3 is 1.97 bits per heavy atom. The maximum atomic E-state index is 12.9. The van der Waals surface area contributed by atoms with Crippen LogP contribution >= 0.6 is 0 Å². The minimum absolute atomic E-state index is 0.158. The number of methoxy groups -OCH3 is 1. The van der Waals surface area contributed by atoms with Gasteiger partial charge in [0.15, 0.2) is 0 Å². The second-order valence-electron chi connectivity index (χ2n) is 7.31. The lowest BCUT2D eigenvalue weighted by molar-refractivity contribution is 0.102. The number of carbonyl (C=O) groups is 1. The highest BCUT2D eigenvalue weighted by Gasteiger charge is 2.22. The number of rotatable bonds is 8. The van der Waals surface area contributed by atoms with Crippen LogP contribution in [0.25, 0.3) is 0 Å². The third-order valence-electron chi connectivity index (χ3n) is 5.45. The van der Waals surface area contributed by atoms with Crippen LogP contribution in [0.1, 0.15) is 35.3 Å². The Morgan fingerprint density at radius 2 is 1.47 bits per heavy atom. The summed E-state index contributed by atoms with van der Waals surface area (Å²) in [6.07, 6.45) is 1.63. The first kappa shape index (κ1) is 23.3. The van der Waals surface area contributed by atoms with Crippen LogP contribution in [-0.4, -0.2) is 28.5 Å². The second-order valence-corrected chi connectivity index (χ2v) is 9.28. The van der Waals surface area contributed by atoms with Crippen molar-refractivity contribution in [3.63, 3.8) is 0 Å². The number of sulfonamides is 1. The molecule has 0 saturated heterocycles. The summed E-state index contributed by atoms with van der Waals surface area (Å²) in [5, 5.41) is 3.03. The van der Waals surface area contributed by atoms with E-state index in [9.17, 15) is 13.2 Å². The number of hydrogen-bond donors (Lipinski definition) is 1. The molecule has 0 bridgehead atoms. The van der Waals surface area contributed by atoms with Crippen molar-refractivity contribution < 1.29 is 17.9 Å².